The van der Waals surface area contributed by atoms with E-state index in [1.807, 2.05) is 20.8 Å². The number of hydrogen-bond acceptors (Lipinski definition) is 6. The molecule has 0 aromatic heterocycles. The van der Waals surface area contributed by atoms with Gasteiger partial charge in [-0.3, -0.25) is 9.59 Å². The number of ether oxygens (including phenoxy) is 3. The minimum absolute atomic E-state index is 0.113. The molecule has 0 saturated carbocycles. The van der Waals surface area contributed by atoms with E-state index >= 15 is 0 Å². The number of anilines is 1. The molecule has 0 heterocycles. The summed E-state index contributed by atoms with van der Waals surface area (Å²) in [5, 5.41) is 2.79. The lowest BCUT2D eigenvalue weighted by molar-refractivity contribution is -0.123. The zero-order chi connectivity index (χ0) is 22.5. The lowest BCUT2D eigenvalue weighted by Crippen LogP contribution is -2.27. The van der Waals surface area contributed by atoms with Gasteiger partial charge in [-0.15, -0.1) is 0 Å². The van der Waals surface area contributed by atoms with Gasteiger partial charge >= 0.3 is 5.97 Å². The van der Waals surface area contributed by atoms with Crippen LogP contribution in [0.15, 0.2) is 42.5 Å². The maximum Gasteiger partial charge on any atom is 0.346 e. The first kappa shape index (κ1) is 22.9. The van der Waals surface area contributed by atoms with Crippen molar-refractivity contribution in [2.75, 3.05) is 19.5 Å². The predicted octanol–water partition coefficient (Wildman–Crippen LogP) is 4.12. The van der Waals surface area contributed by atoms with Gasteiger partial charge in [-0.25, -0.2) is 4.79 Å². The highest BCUT2D eigenvalue weighted by Crippen LogP contribution is 2.29. The van der Waals surface area contributed by atoms with Crippen molar-refractivity contribution < 1.29 is 28.6 Å². The summed E-state index contributed by atoms with van der Waals surface area (Å²) in [6.45, 7) is 6.93. The number of benzene rings is 2. The van der Waals surface area contributed by atoms with Gasteiger partial charge in [-0.2, -0.15) is 0 Å². The number of carbonyl (C=O) groups is 3. The summed E-state index contributed by atoms with van der Waals surface area (Å²) >= 11 is 0. The fourth-order valence-electron chi connectivity index (χ4n) is 2.60. The topological polar surface area (TPSA) is 90.9 Å². The van der Waals surface area contributed by atoms with Crippen molar-refractivity contribution in [3.63, 3.8) is 0 Å². The summed E-state index contributed by atoms with van der Waals surface area (Å²) in [4.78, 5) is 37.4. The molecule has 0 radical (unpaired) electrons. The minimum Gasteiger partial charge on any atom is -0.496 e. The third-order valence-electron chi connectivity index (χ3n) is 4.39. The third-order valence-corrected chi connectivity index (χ3v) is 4.39. The van der Waals surface area contributed by atoms with Gasteiger partial charge in [0, 0.05) is 16.7 Å². The molecule has 7 heteroatoms. The number of nitrogens with one attached hydrogen (secondary N) is 1. The Kier molecular flexibility index (Phi) is 7.21. The van der Waals surface area contributed by atoms with Crippen molar-refractivity contribution in [3.8, 4) is 11.5 Å². The van der Waals surface area contributed by atoms with Crippen molar-refractivity contribution in [1.29, 1.82) is 0 Å². The second-order valence-corrected chi connectivity index (χ2v) is 7.73. The average Bonchev–Trinajstić information content (AvgIpc) is 2.72. The van der Waals surface area contributed by atoms with Crippen LogP contribution in [0.25, 0.3) is 0 Å². The van der Waals surface area contributed by atoms with Crippen LogP contribution in [-0.4, -0.2) is 38.0 Å². The molecule has 1 atom stereocenters. The molecule has 160 valence electrons. The fraction of sp³-hybridized carbons (Fsp3) is 0.348. The molecule has 0 unspecified atom stereocenters. The standard InChI is InChI=1S/C23H27NO6/c1-14(30-21(26)19-17(28-5)8-7-9-18(19)29-6)20(25)15-10-12-16(13-11-15)24-22(27)23(2,3)4/h7-14H,1-6H3,(H,24,27)/t14-/m0/s1. The number of methoxy groups -OCH3 is 2. The lowest BCUT2D eigenvalue weighted by atomic mass is 9.95. The molecule has 1 N–H and O–H groups in total. The van der Waals surface area contributed by atoms with Crippen LogP contribution in [0.4, 0.5) is 5.69 Å². The van der Waals surface area contributed by atoms with E-state index in [0.29, 0.717) is 11.3 Å². The van der Waals surface area contributed by atoms with Gasteiger partial charge in [0.05, 0.1) is 14.2 Å². The zero-order valence-corrected chi connectivity index (χ0v) is 18.1. The maximum absolute atomic E-state index is 12.7. The van der Waals surface area contributed by atoms with Gasteiger partial charge < -0.3 is 19.5 Å². The Labute approximate surface area is 176 Å². The summed E-state index contributed by atoms with van der Waals surface area (Å²) in [5.41, 5.74) is 0.518. The first-order valence-corrected chi connectivity index (χ1v) is 9.46. The highest BCUT2D eigenvalue weighted by Gasteiger charge is 2.26. The van der Waals surface area contributed by atoms with Crippen molar-refractivity contribution in [2.45, 2.75) is 33.8 Å². The van der Waals surface area contributed by atoms with Crippen LogP contribution in [-0.2, 0) is 9.53 Å². The van der Waals surface area contributed by atoms with Crippen molar-refractivity contribution in [1.82, 2.24) is 0 Å². The Morgan fingerprint density at radius 2 is 1.43 bits per heavy atom. The second-order valence-electron chi connectivity index (χ2n) is 7.73. The van der Waals surface area contributed by atoms with Gasteiger partial charge in [0.15, 0.2) is 6.10 Å². The van der Waals surface area contributed by atoms with E-state index < -0.39 is 17.5 Å². The highest BCUT2D eigenvalue weighted by molar-refractivity contribution is 6.03. The number of hydrogen-bond donors (Lipinski definition) is 1. The smallest absolute Gasteiger partial charge is 0.346 e. The Morgan fingerprint density at radius 1 is 0.900 bits per heavy atom. The van der Waals surface area contributed by atoms with Gasteiger partial charge in [-0.1, -0.05) is 26.8 Å². The predicted molar refractivity (Wildman–Crippen MR) is 113 cm³/mol. The summed E-state index contributed by atoms with van der Waals surface area (Å²) in [6, 6.07) is 11.3. The van der Waals surface area contributed by atoms with Crippen molar-refractivity contribution in [2.24, 2.45) is 5.41 Å². The summed E-state index contributed by atoms with van der Waals surface area (Å²) in [5.74, 6) is -0.643. The molecular formula is C23H27NO6. The number of esters is 1. The molecule has 0 spiro atoms. The number of rotatable bonds is 7. The minimum atomic E-state index is -1.03. The molecule has 2 aromatic rings. The summed E-state index contributed by atoms with van der Waals surface area (Å²) in [6.07, 6.45) is -1.03. The first-order chi connectivity index (χ1) is 14.1. The Hall–Kier alpha value is -3.35. The van der Waals surface area contributed by atoms with Crippen LogP contribution in [0.3, 0.4) is 0 Å². The van der Waals surface area contributed by atoms with Gasteiger partial charge in [0.2, 0.25) is 11.7 Å². The van der Waals surface area contributed by atoms with Crippen LogP contribution >= 0.6 is 0 Å². The lowest BCUT2D eigenvalue weighted by Gasteiger charge is -2.18. The van der Waals surface area contributed by atoms with E-state index in [1.165, 1.54) is 21.1 Å². The number of ketones is 1. The summed E-state index contributed by atoms with van der Waals surface area (Å²) in [7, 11) is 2.86. The van der Waals surface area contributed by atoms with Crippen molar-refractivity contribution >= 4 is 23.3 Å². The van der Waals surface area contributed by atoms with E-state index in [2.05, 4.69) is 5.32 Å². The van der Waals surface area contributed by atoms with E-state index in [4.69, 9.17) is 14.2 Å². The van der Waals surface area contributed by atoms with Gasteiger partial charge in [-0.05, 0) is 43.3 Å². The van der Waals surface area contributed by atoms with E-state index in [9.17, 15) is 14.4 Å². The Morgan fingerprint density at radius 3 is 1.90 bits per heavy atom. The zero-order valence-electron chi connectivity index (χ0n) is 18.1. The SMILES string of the molecule is COc1cccc(OC)c1C(=O)O[C@@H](C)C(=O)c1ccc(NC(=O)C(C)(C)C)cc1. The molecule has 7 nitrogen and oxygen atoms in total. The average molecular weight is 413 g/mol. The highest BCUT2D eigenvalue weighted by atomic mass is 16.6. The molecule has 0 bridgehead atoms. The van der Waals surface area contributed by atoms with Crippen LogP contribution in [0.2, 0.25) is 0 Å². The molecule has 0 fully saturated rings. The number of amides is 1. The molecular weight excluding hydrogens is 386 g/mol. The third kappa shape index (κ3) is 5.37. The van der Waals surface area contributed by atoms with Gasteiger partial charge in [0.1, 0.15) is 17.1 Å². The molecule has 0 aliphatic rings. The normalized spacial score (nSPS) is 11.9. The Bertz CT molecular complexity index is 905. The maximum atomic E-state index is 12.7. The van der Waals surface area contributed by atoms with Crippen LogP contribution in [0.1, 0.15) is 48.4 Å². The molecule has 0 aliphatic carbocycles. The Balaban J connectivity index is 2.11. The van der Waals surface area contributed by atoms with Crippen molar-refractivity contribution in [3.05, 3.63) is 53.6 Å². The summed E-state index contributed by atoms with van der Waals surface area (Å²) < 4.78 is 15.8. The van der Waals surface area contributed by atoms with Gasteiger partial charge in [0.25, 0.3) is 0 Å². The monoisotopic (exact) mass is 413 g/mol. The molecule has 0 aliphatic heterocycles. The van der Waals surface area contributed by atoms with E-state index in [1.54, 1.807) is 42.5 Å². The van der Waals surface area contributed by atoms with E-state index in [0.717, 1.165) is 0 Å². The quantitative estimate of drug-likeness (QED) is 0.542. The first-order valence-electron chi connectivity index (χ1n) is 9.46. The fourth-order valence-corrected chi connectivity index (χ4v) is 2.60. The second kappa shape index (κ2) is 9.43. The van der Waals surface area contributed by atoms with Crippen LogP contribution in [0, 0.1) is 5.41 Å². The molecule has 1 amide bonds. The largest absolute Gasteiger partial charge is 0.496 e. The molecule has 0 saturated heterocycles. The van der Waals surface area contributed by atoms with Crippen LogP contribution < -0.4 is 14.8 Å². The van der Waals surface area contributed by atoms with Crippen LogP contribution in [0.5, 0.6) is 11.5 Å². The number of carbonyl (C=O) groups excluding carboxylic acids is 3. The molecule has 2 rings (SSSR count). The molecule has 30 heavy (non-hydrogen) atoms. The molecule has 2 aromatic carbocycles. The van der Waals surface area contributed by atoms with E-state index in [-0.39, 0.29) is 28.8 Å². The number of Topliss-reactive ketones (excluding diaryl/α,β-unsaturated/α-hetero) is 1.